The monoisotopic (exact) mass is 361 g/mol. The molecule has 1 heterocycles. The molecule has 0 unspecified atom stereocenters. The minimum atomic E-state index is -0.387. The molecule has 0 fully saturated rings. The van der Waals surface area contributed by atoms with Gasteiger partial charge in [-0.2, -0.15) is 0 Å². The predicted octanol–water partition coefficient (Wildman–Crippen LogP) is 4.79. The molecule has 0 aliphatic carbocycles. The highest BCUT2D eigenvalue weighted by molar-refractivity contribution is 9.10. The molecular formula is C13H10BrClFNOS. The van der Waals surface area contributed by atoms with Gasteiger partial charge >= 0.3 is 0 Å². The second kappa shape index (κ2) is 6.03. The van der Waals surface area contributed by atoms with Crippen LogP contribution in [0.2, 0.25) is 4.34 Å². The van der Waals surface area contributed by atoms with Crippen molar-refractivity contribution in [3.05, 3.63) is 55.4 Å². The normalized spacial score (nSPS) is 12.2. The van der Waals surface area contributed by atoms with Crippen LogP contribution in [-0.4, -0.2) is 5.91 Å². The van der Waals surface area contributed by atoms with Crippen LogP contribution in [0.1, 0.15) is 28.2 Å². The third kappa shape index (κ3) is 3.55. The Hall–Kier alpha value is -0.910. The first-order valence-electron chi connectivity index (χ1n) is 5.48. The molecule has 1 N–H and O–H groups in total. The fraction of sp³-hybridized carbons (Fsp3) is 0.154. The molecule has 0 bridgehead atoms. The SMILES string of the molecule is C[C@@H](NC(=O)c1ccc(F)cc1Br)c1ccc(Cl)s1. The van der Waals surface area contributed by atoms with Crippen LogP contribution >= 0.6 is 38.9 Å². The smallest absolute Gasteiger partial charge is 0.252 e. The van der Waals surface area contributed by atoms with Gasteiger partial charge in [0.25, 0.3) is 5.91 Å². The van der Waals surface area contributed by atoms with Crippen LogP contribution in [0.3, 0.4) is 0 Å². The van der Waals surface area contributed by atoms with Crippen LogP contribution in [0.5, 0.6) is 0 Å². The van der Waals surface area contributed by atoms with Crippen molar-refractivity contribution in [3.8, 4) is 0 Å². The van der Waals surface area contributed by atoms with Gasteiger partial charge in [-0.1, -0.05) is 11.6 Å². The summed E-state index contributed by atoms with van der Waals surface area (Å²) < 4.78 is 14.1. The first-order valence-corrected chi connectivity index (χ1v) is 7.47. The Morgan fingerprint density at radius 2 is 2.16 bits per heavy atom. The number of amides is 1. The zero-order chi connectivity index (χ0) is 14.0. The van der Waals surface area contributed by atoms with Gasteiger partial charge in [-0.15, -0.1) is 11.3 Å². The lowest BCUT2D eigenvalue weighted by Gasteiger charge is -2.13. The second-order valence-electron chi connectivity index (χ2n) is 3.96. The molecule has 0 saturated heterocycles. The van der Waals surface area contributed by atoms with Gasteiger partial charge in [0.05, 0.1) is 15.9 Å². The largest absolute Gasteiger partial charge is 0.345 e. The van der Waals surface area contributed by atoms with E-state index in [-0.39, 0.29) is 17.8 Å². The summed E-state index contributed by atoms with van der Waals surface area (Å²) in [4.78, 5) is 13.0. The molecule has 0 radical (unpaired) electrons. The van der Waals surface area contributed by atoms with Gasteiger partial charge in [-0.25, -0.2) is 4.39 Å². The van der Waals surface area contributed by atoms with Crippen molar-refractivity contribution in [2.24, 2.45) is 0 Å². The number of nitrogens with one attached hydrogen (secondary N) is 1. The molecule has 0 saturated carbocycles. The average Bonchev–Trinajstić information content (AvgIpc) is 2.75. The Morgan fingerprint density at radius 3 is 2.74 bits per heavy atom. The summed E-state index contributed by atoms with van der Waals surface area (Å²) in [6.45, 7) is 1.87. The number of hydrogen-bond acceptors (Lipinski definition) is 2. The summed E-state index contributed by atoms with van der Waals surface area (Å²) in [5.74, 6) is -0.648. The molecule has 2 nitrogen and oxygen atoms in total. The minimum Gasteiger partial charge on any atom is -0.345 e. The van der Waals surface area contributed by atoms with E-state index in [0.717, 1.165) is 4.88 Å². The Kier molecular flexibility index (Phi) is 4.60. The Morgan fingerprint density at radius 1 is 1.42 bits per heavy atom. The molecular weight excluding hydrogens is 353 g/mol. The quantitative estimate of drug-likeness (QED) is 0.835. The summed E-state index contributed by atoms with van der Waals surface area (Å²) >= 11 is 10.5. The first kappa shape index (κ1) is 14.5. The lowest BCUT2D eigenvalue weighted by atomic mass is 10.2. The van der Waals surface area contributed by atoms with Crippen molar-refractivity contribution >= 4 is 44.8 Å². The van der Waals surface area contributed by atoms with E-state index < -0.39 is 0 Å². The maximum absolute atomic E-state index is 13.0. The topological polar surface area (TPSA) is 29.1 Å². The Bertz CT molecular complexity index is 616. The van der Waals surface area contributed by atoms with E-state index in [9.17, 15) is 9.18 Å². The molecule has 0 spiro atoms. The van der Waals surface area contributed by atoms with Gasteiger partial charge < -0.3 is 5.32 Å². The Balaban J connectivity index is 2.12. The standard InChI is InChI=1S/C13H10BrClFNOS/c1-7(11-4-5-12(15)19-11)17-13(18)9-3-2-8(16)6-10(9)14/h2-7H,1H3,(H,17,18)/t7-/m1/s1. The summed E-state index contributed by atoms with van der Waals surface area (Å²) in [6, 6.07) is 7.48. The first-order chi connectivity index (χ1) is 8.97. The fourth-order valence-corrected chi connectivity index (χ4v) is 3.17. The van der Waals surface area contributed by atoms with Crippen LogP contribution in [0, 0.1) is 5.82 Å². The highest BCUT2D eigenvalue weighted by atomic mass is 79.9. The molecule has 100 valence electrons. The van der Waals surface area contributed by atoms with E-state index in [1.54, 1.807) is 6.07 Å². The summed E-state index contributed by atoms with van der Waals surface area (Å²) in [6.07, 6.45) is 0. The maximum atomic E-state index is 13.0. The molecule has 1 atom stereocenters. The maximum Gasteiger partial charge on any atom is 0.252 e. The third-order valence-corrected chi connectivity index (χ3v) is 4.61. The van der Waals surface area contributed by atoms with Crippen molar-refractivity contribution in [1.29, 1.82) is 0 Å². The van der Waals surface area contributed by atoms with Crippen molar-refractivity contribution in [3.63, 3.8) is 0 Å². The van der Waals surface area contributed by atoms with E-state index in [0.29, 0.717) is 14.4 Å². The van der Waals surface area contributed by atoms with Crippen LogP contribution in [0.4, 0.5) is 4.39 Å². The van der Waals surface area contributed by atoms with Crippen molar-refractivity contribution in [1.82, 2.24) is 5.32 Å². The molecule has 0 aliphatic heterocycles. The highest BCUT2D eigenvalue weighted by Gasteiger charge is 2.15. The fourth-order valence-electron chi connectivity index (χ4n) is 1.58. The van der Waals surface area contributed by atoms with Gasteiger partial charge in [0.15, 0.2) is 0 Å². The van der Waals surface area contributed by atoms with Crippen molar-refractivity contribution in [2.75, 3.05) is 0 Å². The van der Waals surface area contributed by atoms with Crippen molar-refractivity contribution < 1.29 is 9.18 Å². The number of carbonyl (C=O) groups is 1. The molecule has 1 amide bonds. The molecule has 1 aromatic carbocycles. The van der Waals surface area contributed by atoms with E-state index >= 15 is 0 Å². The lowest BCUT2D eigenvalue weighted by Crippen LogP contribution is -2.26. The Labute approximate surface area is 127 Å². The summed E-state index contributed by atoms with van der Waals surface area (Å²) in [5, 5.41) is 2.85. The average molecular weight is 363 g/mol. The van der Waals surface area contributed by atoms with E-state index in [1.807, 2.05) is 13.0 Å². The van der Waals surface area contributed by atoms with Crippen LogP contribution in [-0.2, 0) is 0 Å². The summed E-state index contributed by atoms with van der Waals surface area (Å²) in [7, 11) is 0. The van der Waals surface area contributed by atoms with E-state index in [1.165, 1.54) is 29.5 Å². The molecule has 6 heteroatoms. The van der Waals surface area contributed by atoms with E-state index in [4.69, 9.17) is 11.6 Å². The molecule has 19 heavy (non-hydrogen) atoms. The zero-order valence-corrected chi connectivity index (χ0v) is 13.1. The van der Waals surface area contributed by atoms with Gasteiger partial charge in [0.1, 0.15) is 5.82 Å². The second-order valence-corrected chi connectivity index (χ2v) is 6.56. The number of rotatable bonds is 3. The van der Waals surface area contributed by atoms with Crippen LogP contribution in [0.15, 0.2) is 34.8 Å². The number of halogens is 3. The molecule has 0 aliphatic rings. The number of carbonyl (C=O) groups excluding carboxylic acids is 1. The van der Waals surface area contributed by atoms with Gasteiger partial charge in [0.2, 0.25) is 0 Å². The number of hydrogen-bond donors (Lipinski definition) is 1. The molecule has 2 rings (SSSR count). The van der Waals surface area contributed by atoms with Gasteiger partial charge in [-0.05, 0) is 53.2 Å². The van der Waals surface area contributed by atoms with Crippen molar-refractivity contribution in [2.45, 2.75) is 13.0 Å². The molecule has 2 aromatic rings. The minimum absolute atomic E-state index is 0.151. The molecule has 1 aromatic heterocycles. The lowest BCUT2D eigenvalue weighted by molar-refractivity contribution is 0.0939. The number of thiophene rings is 1. The van der Waals surface area contributed by atoms with Gasteiger partial charge in [0, 0.05) is 9.35 Å². The third-order valence-electron chi connectivity index (χ3n) is 2.54. The predicted molar refractivity (Wildman–Crippen MR) is 79.3 cm³/mol. The highest BCUT2D eigenvalue weighted by Crippen LogP contribution is 2.27. The van der Waals surface area contributed by atoms with E-state index in [2.05, 4.69) is 21.2 Å². The summed E-state index contributed by atoms with van der Waals surface area (Å²) in [5.41, 5.74) is 0.399. The van der Waals surface area contributed by atoms with Gasteiger partial charge in [-0.3, -0.25) is 4.79 Å². The van der Waals surface area contributed by atoms with Crippen LogP contribution < -0.4 is 5.32 Å². The zero-order valence-electron chi connectivity index (χ0n) is 9.91. The number of benzene rings is 1. The van der Waals surface area contributed by atoms with Crippen LogP contribution in [0.25, 0.3) is 0 Å².